The smallest absolute Gasteiger partial charge is 0.326 e. The first kappa shape index (κ1) is 17.7. The first-order valence-corrected chi connectivity index (χ1v) is 7.89. The lowest BCUT2D eigenvalue weighted by molar-refractivity contribution is -0.141. The van der Waals surface area contributed by atoms with Crippen molar-refractivity contribution in [3.05, 3.63) is 53.3 Å². The van der Waals surface area contributed by atoms with E-state index < -0.39 is 12.0 Å². The lowest BCUT2D eigenvalue weighted by atomic mass is 10.0. The van der Waals surface area contributed by atoms with E-state index in [1.165, 1.54) is 11.9 Å². The summed E-state index contributed by atoms with van der Waals surface area (Å²) in [6.45, 7) is 4.04. The van der Waals surface area contributed by atoms with Crippen molar-refractivity contribution in [3.63, 3.8) is 0 Å². The van der Waals surface area contributed by atoms with Crippen LogP contribution in [0.2, 0.25) is 0 Å². The molecule has 0 radical (unpaired) electrons. The molecule has 1 aromatic heterocycles. The number of nitrogens with zero attached hydrogens (tertiary/aromatic N) is 3. The molecule has 0 bridgehead atoms. The van der Waals surface area contributed by atoms with Gasteiger partial charge >= 0.3 is 5.97 Å². The number of hydrogen-bond acceptors (Lipinski definition) is 3. The number of carbonyl (C=O) groups is 2. The van der Waals surface area contributed by atoms with Gasteiger partial charge in [-0.05, 0) is 17.5 Å². The van der Waals surface area contributed by atoms with Crippen molar-refractivity contribution in [3.8, 4) is 0 Å². The van der Waals surface area contributed by atoms with Gasteiger partial charge in [-0.2, -0.15) is 5.10 Å². The van der Waals surface area contributed by atoms with Crippen LogP contribution in [0.15, 0.2) is 36.4 Å². The van der Waals surface area contributed by atoms with Gasteiger partial charge in [0, 0.05) is 26.2 Å². The first-order chi connectivity index (χ1) is 11.3. The molecule has 128 valence electrons. The summed E-state index contributed by atoms with van der Waals surface area (Å²) in [6, 6.07) is 10.1. The summed E-state index contributed by atoms with van der Waals surface area (Å²) < 4.78 is 1.67. The maximum absolute atomic E-state index is 12.7. The van der Waals surface area contributed by atoms with E-state index in [9.17, 15) is 14.7 Å². The summed E-state index contributed by atoms with van der Waals surface area (Å²) >= 11 is 0. The molecule has 6 nitrogen and oxygen atoms in total. The first-order valence-electron chi connectivity index (χ1n) is 7.89. The average Bonchev–Trinajstić information content (AvgIpc) is 2.94. The number of aliphatic carboxylic acids is 1. The average molecular weight is 329 g/mol. The Hall–Kier alpha value is -2.63. The summed E-state index contributed by atoms with van der Waals surface area (Å²) in [5.74, 6) is -1.19. The van der Waals surface area contributed by atoms with Crippen LogP contribution in [0.5, 0.6) is 0 Å². The molecule has 2 rings (SSSR count). The minimum atomic E-state index is -1.03. The summed E-state index contributed by atoms with van der Waals surface area (Å²) in [6.07, 6.45) is 0.252. The number of hydrogen-bond donors (Lipinski definition) is 1. The lowest BCUT2D eigenvalue weighted by Gasteiger charge is -2.24. The summed E-state index contributed by atoms with van der Waals surface area (Å²) in [4.78, 5) is 25.5. The van der Waals surface area contributed by atoms with Crippen molar-refractivity contribution < 1.29 is 14.7 Å². The highest BCUT2D eigenvalue weighted by atomic mass is 16.4. The molecule has 24 heavy (non-hydrogen) atoms. The van der Waals surface area contributed by atoms with Crippen molar-refractivity contribution in [2.75, 3.05) is 7.05 Å². The van der Waals surface area contributed by atoms with Gasteiger partial charge in [0.25, 0.3) is 5.91 Å². The molecule has 0 saturated heterocycles. The van der Waals surface area contributed by atoms with E-state index in [2.05, 4.69) is 5.10 Å². The third-order valence-corrected chi connectivity index (χ3v) is 4.07. The van der Waals surface area contributed by atoms with Crippen molar-refractivity contribution in [2.45, 2.75) is 32.2 Å². The Balaban J connectivity index is 2.23. The Kier molecular flexibility index (Phi) is 5.39. The Bertz CT molecular complexity index is 722. The topological polar surface area (TPSA) is 75.4 Å². The summed E-state index contributed by atoms with van der Waals surface area (Å²) in [5.41, 5.74) is 2.07. The molecule has 0 aliphatic heterocycles. The number of carbonyl (C=O) groups excluding carboxylic acids is 1. The molecule has 1 amide bonds. The molecule has 0 saturated carbocycles. The molecular formula is C18H23N3O3. The second kappa shape index (κ2) is 7.29. The van der Waals surface area contributed by atoms with E-state index in [0.29, 0.717) is 0 Å². The van der Waals surface area contributed by atoms with E-state index >= 15 is 0 Å². The number of aromatic nitrogens is 2. The monoisotopic (exact) mass is 329 g/mol. The minimum Gasteiger partial charge on any atom is -0.480 e. The molecule has 1 unspecified atom stereocenters. The molecule has 0 aliphatic carbocycles. The van der Waals surface area contributed by atoms with Crippen molar-refractivity contribution >= 4 is 11.9 Å². The number of aryl methyl sites for hydroxylation is 1. The standard InChI is InChI=1S/C18H23N3O3/c1-12(2)15-11-14(19-21(15)4)17(22)20(3)16(18(23)24)10-13-8-6-5-7-9-13/h5-9,11-12,16H,10H2,1-4H3,(H,23,24). The molecule has 0 aliphatic rings. The van der Waals surface area contributed by atoms with Crippen LogP contribution in [0.3, 0.4) is 0 Å². The predicted molar refractivity (Wildman–Crippen MR) is 91.0 cm³/mol. The molecule has 6 heteroatoms. The van der Waals surface area contributed by atoms with Crippen LogP contribution in [0.1, 0.15) is 41.5 Å². The molecule has 0 spiro atoms. The minimum absolute atomic E-state index is 0.231. The zero-order valence-electron chi connectivity index (χ0n) is 14.4. The largest absolute Gasteiger partial charge is 0.480 e. The second-order valence-electron chi connectivity index (χ2n) is 6.19. The van der Waals surface area contributed by atoms with E-state index in [1.54, 1.807) is 17.8 Å². The van der Waals surface area contributed by atoms with Crippen LogP contribution in [-0.4, -0.2) is 44.8 Å². The van der Waals surface area contributed by atoms with E-state index in [1.807, 2.05) is 44.2 Å². The number of benzene rings is 1. The maximum Gasteiger partial charge on any atom is 0.326 e. The number of likely N-dealkylation sites (N-methyl/N-ethyl adjacent to an activating group) is 1. The Morgan fingerprint density at radius 1 is 1.25 bits per heavy atom. The summed E-state index contributed by atoms with van der Waals surface area (Å²) in [7, 11) is 3.29. The van der Waals surface area contributed by atoms with E-state index in [4.69, 9.17) is 0 Å². The molecule has 2 aromatic rings. The van der Waals surface area contributed by atoms with Gasteiger partial charge < -0.3 is 10.0 Å². The van der Waals surface area contributed by atoms with Gasteiger partial charge in [-0.1, -0.05) is 44.2 Å². The van der Waals surface area contributed by atoms with Crippen LogP contribution < -0.4 is 0 Å². The van der Waals surface area contributed by atoms with Gasteiger partial charge in [0.1, 0.15) is 6.04 Å². The van der Waals surface area contributed by atoms with Gasteiger partial charge in [0.15, 0.2) is 5.69 Å². The SMILES string of the molecule is CC(C)c1cc(C(=O)N(C)C(Cc2ccccc2)C(=O)O)nn1C. The fourth-order valence-electron chi connectivity index (χ4n) is 2.68. The highest BCUT2D eigenvalue weighted by molar-refractivity contribution is 5.95. The Labute approximate surface area is 141 Å². The third kappa shape index (κ3) is 3.82. The highest BCUT2D eigenvalue weighted by Crippen LogP contribution is 2.17. The predicted octanol–water partition coefficient (Wildman–Crippen LogP) is 2.31. The molecule has 0 fully saturated rings. The van der Waals surface area contributed by atoms with Crippen LogP contribution in [0.4, 0.5) is 0 Å². The quantitative estimate of drug-likeness (QED) is 0.882. The van der Waals surface area contributed by atoms with Crippen LogP contribution in [0.25, 0.3) is 0 Å². The van der Waals surface area contributed by atoms with Crippen LogP contribution in [-0.2, 0) is 18.3 Å². The molecular weight excluding hydrogens is 306 g/mol. The number of amides is 1. The van der Waals surface area contributed by atoms with E-state index in [-0.39, 0.29) is 23.9 Å². The summed E-state index contributed by atoms with van der Waals surface area (Å²) in [5, 5.41) is 13.8. The zero-order chi connectivity index (χ0) is 17.9. The lowest BCUT2D eigenvalue weighted by Crippen LogP contribution is -2.44. The van der Waals surface area contributed by atoms with Crippen molar-refractivity contribution in [1.29, 1.82) is 0 Å². The van der Waals surface area contributed by atoms with Gasteiger partial charge in [-0.15, -0.1) is 0 Å². The van der Waals surface area contributed by atoms with Gasteiger partial charge in [-0.3, -0.25) is 9.48 Å². The maximum atomic E-state index is 12.7. The number of rotatable bonds is 6. The Morgan fingerprint density at radius 2 is 1.88 bits per heavy atom. The van der Waals surface area contributed by atoms with E-state index in [0.717, 1.165) is 11.3 Å². The molecule has 1 aromatic carbocycles. The molecule has 1 heterocycles. The number of carboxylic acids is 1. The molecule has 1 atom stereocenters. The van der Waals surface area contributed by atoms with Crippen molar-refractivity contribution in [2.24, 2.45) is 7.05 Å². The van der Waals surface area contributed by atoms with Crippen LogP contribution in [0, 0.1) is 0 Å². The second-order valence-corrected chi connectivity index (χ2v) is 6.19. The van der Waals surface area contributed by atoms with Gasteiger partial charge in [-0.25, -0.2) is 4.79 Å². The fourth-order valence-corrected chi connectivity index (χ4v) is 2.68. The van der Waals surface area contributed by atoms with Crippen molar-refractivity contribution in [1.82, 2.24) is 14.7 Å². The van der Waals surface area contributed by atoms with Crippen LogP contribution >= 0.6 is 0 Å². The fraction of sp³-hybridized carbons (Fsp3) is 0.389. The third-order valence-electron chi connectivity index (χ3n) is 4.07. The van der Waals surface area contributed by atoms with Gasteiger partial charge in [0.2, 0.25) is 0 Å². The zero-order valence-corrected chi connectivity index (χ0v) is 14.4. The number of carboxylic acid groups (broad SMARTS) is 1. The highest BCUT2D eigenvalue weighted by Gasteiger charge is 2.29. The molecule has 1 N–H and O–H groups in total. The Morgan fingerprint density at radius 3 is 2.38 bits per heavy atom. The van der Waals surface area contributed by atoms with Gasteiger partial charge in [0.05, 0.1) is 0 Å². The normalized spacial score (nSPS) is 12.2.